The second-order valence-corrected chi connectivity index (χ2v) is 5.08. The second kappa shape index (κ2) is 5.54. The van der Waals surface area contributed by atoms with E-state index >= 15 is 0 Å². The highest BCUT2D eigenvalue weighted by Crippen LogP contribution is 2.22. The average Bonchev–Trinajstić information content (AvgIpc) is 2.89. The first-order valence-electron chi connectivity index (χ1n) is 6.38. The van der Waals surface area contributed by atoms with Gasteiger partial charge in [0, 0.05) is 27.7 Å². The molecule has 0 saturated heterocycles. The topological polar surface area (TPSA) is 32.9 Å². The van der Waals surface area contributed by atoms with Crippen LogP contribution >= 0.6 is 11.6 Å². The van der Waals surface area contributed by atoms with Gasteiger partial charge >= 0.3 is 0 Å². The number of hydrogen-bond acceptors (Lipinski definition) is 1. The molecule has 3 aromatic rings. The lowest BCUT2D eigenvalue weighted by atomic mass is 10.1. The predicted octanol–water partition coefficient (Wildman–Crippen LogP) is 4.86. The first-order valence-corrected chi connectivity index (χ1v) is 6.76. The molecular weight excluding hydrogens is 289 g/mol. The van der Waals surface area contributed by atoms with Gasteiger partial charge in [0.25, 0.3) is 0 Å². The van der Waals surface area contributed by atoms with Crippen LogP contribution in [0.2, 0.25) is 5.02 Å². The summed E-state index contributed by atoms with van der Waals surface area (Å²) in [6.07, 6.45) is 4.80. The highest BCUT2D eigenvalue weighted by molar-refractivity contribution is 6.31. The summed E-state index contributed by atoms with van der Waals surface area (Å²) in [5, 5.41) is 1.44. The van der Waals surface area contributed by atoms with Gasteiger partial charge in [0.1, 0.15) is 5.82 Å². The van der Waals surface area contributed by atoms with Crippen LogP contribution < -0.4 is 0 Å². The maximum absolute atomic E-state index is 12.8. The molecule has 0 unspecified atom stereocenters. The van der Waals surface area contributed by atoms with Crippen molar-refractivity contribution in [1.29, 1.82) is 0 Å². The molecule has 0 radical (unpaired) electrons. The number of allylic oxidation sites excluding steroid dienone is 1. The molecule has 0 aliphatic carbocycles. The standard InChI is InChI=1S/C17H11ClFNO/c18-12-4-7-14-15(10-20-16(14)9-12)17(21)8-3-11-1-5-13(19)6-2-11/h1-10,20H. The van der Waals surface area contributed by atoms with Gasteiger partial charge in [0.05, 0.1) is 0 Å². The van der Waals surface area contributed by atoms with Crippen LogP contribution in [-0.2, 0) is 0 Å². The molecule has 104 valence electrons. The molecule has 0 aliphatic heterocycles. The van der Waals surface area contributed by atoms with E-state index in [0.29, 0.717) is 10.6 Å². The molecular formula is C17H11ClFNO. The molecule has 0 aliphatic rings. The molecule has 0 bridgehead atoms. The predicted molar refractivity (Wildman–Crippen MR) is 83.1 cm³/mol. The number of halogens is 2. The molecule has 0 amide bonds. The van der Waals surface area contributed by atoms with Gasteiger partial charge in [-0.1, -0.05) is 35.9 Å². The first-order chi connectivity index (χ1) is 10.1. The summed E-state index contributed by atoms with van der Waals surface area (Å²) in [6.45, 7) is 0. The minimum absolute atomic E-state index is 0.118. The Labute approximate surface area is 125 Å². The van der Waals surface area contributed by atoms with Crippen LogP contribution in [0.15, 0.2) is 54.7 Å². The van der Waals surface area contributed by atoms with Crippen molar-refractivity contribution in [3.8, 4) is 0 Å². The highest BCUT2D eigenvalue weighted by atomic mass is 35.5. The van der Waals surface area contributed by atoms with Gasteiger partial charge in [-0.2, -0.15) is 0 Å². The number of hydrogen-bond donors (Lipinski definition) is 1. The molecule has 2 nitrogen and oxygen atoms in total. The molecule has 0 atom stereocenters. The number of aromatic nitrogens is 1. The molecule has 1 aromatic heterocycles. The monoisotopic (exact) mass is 299 g/mol. The second-order valence-electron chi connectivity index (χ2n) is 4.64. The fourth-order valence-corrected chi connectivity index (χ4v) is 2.31. The lowest BCUT2D eigenvalue weighted by Gasteiger charge is -1.95. The number of ketones is 1. The molecule has 2 aromatic carbocycles. The van der Waals surface area contributed by atoms with Crippen LogP contribution in [0.3, 0.4) is 0 Å². The van der Waals surface area contributed by atoms with Gasteiger partial charge < -0.3 is 4.98 Å². The maximum Gasteiger partial charge on any atom is 0.187 e. The SMILES string of the molecule is O=C(C=Cc1ccc(F)cc1)c1c[nH]c2cc(Cl)ccc12. The van der Waals surface area contributed by atoms with Crippen LogP contribution in [0.25, 0.3) is 17.0 Å². The summed E-state index contributed by atoms with van der Waals surface area (Å²) < 4.78 is 12.8. The molecule has 21 heavy (non-hydrogen) atoms. The fraction of sp³-hybridized carbons (Fsp3) is 0. The summed E-state index contributed by atoms with van der Waals surface area (Å²) in [4.78, 5) is 15.3. The van der Waals surface area contributed by atoms with E-state index in [0.717, 1.165) is 16.5 Å². The van der Waals surface area contributed by atoms with Gasteiger partial charge in [0.15, 0.2) is 5.78 Å². The van der Waals surface area contributed by atoms with E-state index in [4.69, 9.17) is 11.6 Å². The Hall–Kier alpha value is -2.39. The number of H-pyrrole nitrogens is 1. The summed E-state index contributed by atoms with van der Waals surface area (Å²) in [6, 6.07) is 11.3. The van der Waals surface area contributed by atoms with Crippen molar-refractivity contribution in [3.63, 3.8) is 0 Å². The molecule has 3 rings (SSSR count). The van der Waals surface area contributed by atoms with Crippen LogP contribution in [0.5, 0.6) is 0 Å². The number of rotatable bonds is 3. The Morgan fingerprint density at radius 1 is 1.14 bits per heavy atom. The number of aromatic amines is 1. The van der Waals surface area contributed by atoms with E-state index in [2.05, 4.69) is 4.98 Å². The van der Waals surface area contributed by atoms with E-state index in [-0.39, 0.29) is 11.6 Å². The van der Waals surface area contributed by atoms with E-state index in [1.54, 1.807) is 36.5 Å². The van der Waals surface area contributed by atoms with Crippen molar-refractivity contribution in [2.24, 2.45) is 0 Å². The zero-order valence-corrected chi connectivity index (χ0v) is 11.7. The van der Waals surface area contributed by atoms with Crippen LogP contribution in [0.4, 0.5) is 4.39 Å². The fourth-order valence-electron chi connectivity index (χ4n) is 2.14. The van der Waals surface area contributed by atoms with E-state index in [1.165, 1.54) is 18.2 Å². The summed E-state index contributed by atoms with van der Waals surface area (Å²) in [5.74, 6) is -0.417. The molecule has 0 fully saturated rings. The maximum atomic E-state index is 12.8. The minimum atomic E-state index is -0.299. The first kappa shape index (κ1) is 13.6. The number of nitrogens with one attached hydrogen (secondary N) is 1. The number of carbonyl (C=O) groups is 1. The Morgan fingerprint density at radius 2 is 1.90 bits per heavy atom. The Bertz CT molecular complexity index is 834. The lowest BCUT2D eigenvalue weighted by Crippen LogP contribution is -1.92. The lowest BCUT2D eigenvalue weighted by molar-refractivity contribution is 0.104. The van der Waals surface area contributed by atoms with E-state index in [1.807, 2.05) is 6.07 Å². The van der Waals surface area contributed by atoms with Crippen molar-refractivity contribution in [3.05, 3.63) is 76.7 Å². The van der Waals surface area contributed by atoms with Gasteiger partial charge in [0.2, 0.25) is 0 Å². The molecule has 4 heteroatoms. The third-order valence-corrected chi connectivity index (χ3v) is 3.44. The smallest absolute Gasteiger partial charge is 0.187 e. The van der Waals surface area contributed by atoms with Crippen molar-refractivity contribution < 1.29 is 9.18 Å². The zero-order valence-electron chi connectivity index (χ0n) is 10.9. The van der Waals surface area contributed by atoms with Gasteiger partial charge in [-0.3, -0.25) is 4.79 Å². The summed E-state index contributed by atoms with van der Waals surface area (Å²) >= 11 is 5.91. The van der Waals surface area contributed by atoms with E-state index in [9.17, 15) is 9.18 Å². The quantitative estimate of drug-likeness (QED) is 0.544. The van der Waals surface area contributed by atoms with Crippen molar-refractivity contribution in [2.75, 3.05) is 0 Å². The molecule has 0 saturated carbocycles. The van der Waals surface area contributed by atoms with Crippen LogP contribution in [0, 0.1) is 5.82 Å². The Kier molecular flexibility index (Phi) is 3.59. The largest absolute Gasteiger partial charge is 0.360 e. The zero-order chi connectivity index (χ0) is 14.8. The third-order valence-electron chi connectivity index (χ3n) is 3.21. The Balaban J connectivity index is 1.88. The summed E-state index contributed by atoms with van der Waals surface area (Å²) in [5.41, 5.74) is 2.17. The normalized spacial score (nSPS) is 11.3. The van der Waals surface area contributed by atoms with Crippen molar-refractivity contribution in [1.82, 2.24) is 4.98 Å². The van der Waals surface area contributed by atoms with Crippen LogP contribution in [0.1, 0.15) is 15.9 Å². The van der Waals surface area contributed by atoms with E-state index < -0.39 is 0 Å². The highest BCUT2D eigenvalue weighted by Gasteiger charge is 2.09. The van der Waals surface area contributed by atoms with Gasteiger partial charge in [-0.15, -0.1) is 0 Å². The minimum Gasteiger partial charge on any atom is -0.360 e. The van der Waals surface area contributed by atoms with Crippen molar-refractivity contribution >= 4 is 34.4 Å². The summed E-state index contributed by atoms with van der Waals surface area (Å²) in [7, 11) is 0. The number of carbonyl (C=O) groups excluding carboxylic acids is 1. The number of benzene rings is 2. The van der Waals surface area contributed by atoms with Gasteiger partial charge in [-0.25, -0.2) is 4.39 Å². The average molecular weight is 300 g/mol. The number of fused-ring (bicyclic) bond motifs is 1. The molecule has 1 heterocycles. The molecule has 1 N–H and O–H groups in total. The molecule has 0 spiro atoms. The van der Waals surface area contributed by atoms with Crippen LogP contribution in [-0.4, -0.2) is 10.8 Å². The Morgan fingerprint density at radius 3 is 2.67 bits per heavy atom. The van der Waals surface area contributed by atoms with Crippen molar-refractivity contribution in [2.45, 2.75) is 0 Å². The third kappa shape index (κ3) is 2.88. The van der Waals surface area contributed by atoms with Gasteiger partial charge in [-0.05, 0) is 35.9 Å².